The Balaban J connectivity index is 1.31. The van der Waals surface area contributed by atoms with Crippen LogP contribution in [-0.4, -0.2) is 67.6 Å². The molecule has 2 atom stereocenters. The number of halogens is 4. The number of rotatable bonds is 9. The second-order valence-corrected chi connectivity index (χ2v) is 10.6. The van der Waals surface area contributed by atoms with E-state index in [1.54, 1.807) is 36.4 Å². The molecule has 4 aromatic rings. The SMILES string of the molecule is COc1cc(C(=O)NCc2coc(=O)o2)ccc1NCC#Cc1cc2c(N[C@@H]3CCN(C)C[C@@H]3F)cccc2n1CC(F)(F)F. The van der Waals surface area contributed by atoms with Crippen LogP contribution >= 0.6 is 0 Å². The molecule has 1 saturated heterocycles. The average molecular weight is 630 g/mol. The van der Waals surface area contributed by atoms with Gasteiger partial charge in [0.05, 0.1) is 43.1 Å². The number of nitrogens with zero attached hydrogens (tertiary/aromatic N) is 2. The van der Waals surface area contributed by atoms with Crippen LogP contribution in [-0.2, 0) is 13.1 Å². The summed E-state index contributed by atoms with van der Waals surface area (Å²) in [5, 5.41) is 9.38. The molecule has 5 rings (SSSR count). The van der Waals surface area contributed by atoms with Crippen LogP contribution in [0.2, 0.25) is 0 Å². The van der Waals surface area contributed by atoms with Gasteiger partial charge in [-0.3, -0.25) is 4.79 Å². The number of hydrogen-bond donors (Lipinski definition) is 3. The maximum Gasteiger partial charge on any atom is 0.518 e. The third kappa shape index (κ3) is 7.79. The number of benzene rings is 2. The van der Waals surface area contributed by atoms with Crippen molar-refractivity contribution in [3.05, 3.63) is 76.4 Å². The van der Waals surface area contributed by atoms with Gasteiger partial charge in [-0.15, -0.1) is 0 Å². The van der Waals surface area contributed by atoms with Crippen molar-refractivity contribution in [3.8, 4) is 17.6 Å². The van der Waals surface area contributed by atoms with Gasteiger partial charge in [-0.05, 0) is 55.8 Å². The molecule has 3 heterocycles. The van der Waals surface area contributed by atoms with Gasteiger partial charge in [0.1, 0.15) is 24.7 Å². The van der Waals surface area contributed by atoms with E-state index < -0.39 is 36.7 Å². The molecule has 1 amide bonds. The number of piperidine rings is 1. The highest BCUT2D eigenvalue weighted by atomic mass is 19.4. The van der Waals surface area contributed by atoms with Crippen LogP contribution in [0.15, 0.2) is 62.4 Å². The van der Waals surface area contributed by atoms with Crippen molar-refractivity contribution < 1.29 is 35.9 Å². The summed E-state index contributed by atoms with van der Waals surface area (Å²) in [5.41, 5.74) is 1.82. The second kappa shape index (κ2) is 13.4. The summed E-state index contributed by atoms with van der Waals surface area (Å²) in [6.45, 7) is -0.249. The van der Waals surface area contributed by atoms with Crippen molar-refractivity contribution in [3.63, 3.8) is 0 Å². The number of anilines is 2. The second-order valence-electron chi connectivity index (χ2n) is 10.6. The van der Waals surface area contributed by atoms with Gasteiger partial charge in [-0.2, -0.15) is 13.2 Å². The summed E-state index contributed by atoms with van der Waals surface area (Å²) in [5.74, 6) is 4.87. The van der Waals surface area contributed by atoms with Gasteiger partial charge in [0.2, 0.25) is 0 Å². The van der Waals surface area contributed by atoms with Gasteiger partial charge in [-0.25, -0.2) is 9.18 Å². The number of likely N-dealkylation sites (tertiary alicyclic amines) is 1. The third-order valence-corrected chi connectivity index (χ3v) is 7.34. The van der Waals surface area contributed by atoms with Crippen LogP contribution in [0.5, 0.6) is 5.75 Å². The van der Waals surface area contributed by atoms with Crippen LogP contribution in [0.25, 0.3) is 10.9 Å². The number of ether oxygens (including phenoxy) is 1. The van der Waals surface area contributed by atoms with Crippen molar-refractivity contribution in [1.29, 1.82) is 0 Å². The Morgan fingerprint density at radius 3 is 2.71 bits per heavy atom. The summed E-state index contributed by atoms with van der Waals surface area (Å²) in [6.07, 6.45) is -3.94. The van der Waals surface area contributed by atoms with Gasteiger partial charge >= 0.3 is 12.0 Å². The van der Waals surface area contributed by atoms with Gasteiger partial charge in [0, 0.05) is 29.7 Å². The zero-order valence-corrected chi connectivity index (χ0v) is 24.5. The Hall–Kier alpha value is -4.90. The zero-order valence-electron chi connectivity index (χ0n) is 24.5. The molecule has 0 bridgehead atoms. The fraction of sp³-hybridized carbons (Fsp3) is 0.355. The molecule has 0 spiro atoms. The smallest absolute Gasteiger partial charge is 0.495 e. The molecule has 1 aliphatic rings. The number of methoxy groups -OCH3 is 1. The molecule has 0 aliphatic carbocycles. The van der Waals surface area contributed by atoms with E-state index in [1.807, 2.05) is 11.9 Å². The van der Waals surface area contributed by atoms with Crippen LogP contribution < -0.4 is 26.5 Å². The number of fused-ring (bicyclic) bond motifs is 1. The predicted octanol–water partition coefficient (Wildman–Crippen LogP) is 4.61. The van der Waals surface area contributed by atoms with Crippen LogP contribution in [0.3, 0.4) is 0 Å². The van der Waals surface area contributed by atoms with Gasteiger partial charge < -0.3 is 39.0 Å². The molecule has 2 aromatic heterocycles. The fourth-order valence-corrected chi connectivity index (χ4v) is 5.15. The third-order valence-electron chi connectivity index (χ3n) is 7.34. The topological polar surface area (TPSA) is 114 Å². The molecular weight excluding hydrogens is 598 g/mol. The van der Waals surface area contributed by atoms with Gasteiger partial charge in [0.25, 0.3) is 5.91 Å². The molecule has 1 aliphatic heterocycles. The van der Waals surface area contributed by atoms with E-state index in [1.165, 1.54) is 13.2 Å². The minimum absolute atomic E-state index is 0.0548. The first-order valence-corrected chi connectivity index (χ1v) is 14.1. The maximum atomic E-state index is 14.7. The molecule has 14 heteroatoms. The highest BCUT2D eigenvalue weighted by Crippen LogP contribution is 2.32. The van der Waals surface area contributed by atoms with E-state index in [0.29, 0.717) is 41.0 Å². The van der Waals surface area contributed by atoms with Crippen molar-refractivity contribution >= 4 is 28.2 Å². The number of alkyl halides is 4. The van der Waals surface area contributed by atoms with E-state index in [-0.39, 0.29) is 36.7 Å². The van der Waals surface area contributed by atoms with Crippen LogP contribution in [0, 0.1) is 11.8 Å². The van der Waals surface area contributed by atoms with E-state index in [9.17, 15) is 27.2 Å². The molecule has 1 fully saturated rings. The number of hydrogen-bond acceptors (Lipinski definition) is 8. The highest BCUT2D eigenvalue weighted by molar-refractivity contribution is 5.95. The standard InChI is InChI=1S/C31H31F4N5O5/c1-39-12-10-25(23(32)16-39)38-24-6-3-7-27-22(24)14-20(40(27)18-31(33,34)35)5-4-11-36-26-9-8-19(13-28(26)43-2)29(41)37-15-21-17-44-30(42)45-21/h3,6-9,13-14,17,23,25,36,38H,10-12,15-16,18H2,1-2H3,(H,37,41)/t23-,25+/m0/s1. The lowest BCUT2D eigenvalue weighted by molar-refractivity contribution is -0.140. The Bertz CT molecular complexity index is 1780. The number of nitrogens with one attached hydrogen (secondary N) is 3. The lowest BCUT2D eigenvalue weighted by Crippen LogP contribution is -2.46. The first kappa shape index (κ1) is 31.5. The van der Waals surface area contributed by atoms with Crippen LogP contribution in [0.1, 0.15) is 28.2 Å². The van der Waals surface area contributed by atoms with E-state index in [4.69, 9.17) is 9.15 Å². The lowest BCUT2D eigenvalue weighted by Gasteiger charge is -2.33. The first-order valence-electron chi connectivity index (χ1n) is 14.1. The normalized spacial score (nSPS) is 17.0. The minimum Gasteiger partial charge on any atom is -0.495 e. The highest BCUT2D eigenvalue weighted by Gasteiger charge is 2.31. The summed E-state index contributed by atoms with van der Waals surface area (Å²) in [4.78, 5) is 25.4. The number of amides is 1. The quantitative estimate of drug-likeness (QED) is 0.182. The Kier molecular flexibility index (Phi) is 9.38. The van der Waals surface area contributed by atoms with Crippen molar-refractivity contribution in [2.45, 2.75) is 37.9 Å². The van der Waals surface area contributed by atoms with Crippen molar-refractivity contribution in [1.82, 2.24) is 14.8 Å². The van der Waals surface area contributed by atoms with E-state index in [2.05, 4.69) is 32.2 Å². The summed E-state index contributed by atoms with van der Waals surface area (Å²) < 4.78 is 71.3. The van der Waals surface area contributed by atoms with Gasteiger partial charge in [-0.1, -0.05) is 12.0 Å². The Morgan fingerprint density at radius 2 is 2.00 bits per heavy atom. The fourth-order valence-electron chi connectivity index (χ4n) is 5.15. The number of carbonyl (C=O) groups is 1. The van der Waals surface area contributed by atoms with E-state index in [0.717, 1.165) is 10.8 Å². The first-order chi connectivity index (χ1) is 21.5. The summed E-state index contributed by atoms with van der Waals surface area (Å²) in [7, 11) is 3.27. The molecule has 3 N–H and O–H groups in total. The maximum absolute atomic E-state index is 14.7. The van der Waals surface area contributed by atoms with Crippen LogP contribution in [0.4, 0.5) is 28.9 Å². The number of carbonyl (C=O) groups excluding carboxylic acids is 1. The Labute approximate surface area is 255 Å². The molecule has 0 unspecified atom stereocenters. The Morgan fingerprint density at radius 1 is 1.18 bits per heavy atom. The average Bonchev–Trinajstić information content (AvgIpc) is 3.57. The van der Waals surface area contributed by atoms with Crippen molar-refractivity contribution in [2.75, 3.05) is 44.4 Å². The summed E-state index contributed by atoms with van der Waals surface area (Å²) >= 11 is 0. The van der Waals surface area contributed by atoms with E-state index >= 15 is 0 Å². The number of aromatic nitrogens is 1. The van der Waals surface area contributed by atoms with Crippen molar-refractivity contribution in [2.24, 2.45) is 0 Å². The molecule has 45 heavy (non-hydrogen) atoms. The van der Waals surface area contributed by atoms with Gasteiger partial charge in [0.15, 0.2) is 5.76 Å². The molecule has 238 valence electrons. The largest absolute Gasteiger partial charge is 0.518 e. The molecule has 2 aromatic carbocycles. The minimum atomic E-state index is -4.49. The molecule has 0 saturated carbocycles. The summed E-state index contributed by atoms with van der Waals surface area (Å²) in [6, 6.07) is 10.7. The predicted molar refractivity (Wildman–Crippen MR) is 159 cm³/mol. The monoisotopic (exact) mass is 629 g/mol. The molecule has 10 nitrogen and oxygen atoms in total. The zero-order chi connectivity index (χ0) is 32.1. The molecular formula is C31H31F4N5O5. The lowest BCUT2D eigenvalue weighted by atomic mass is 10.0. The molecule has 0 radical (unpaired) electrons.